The van der Waals surface area contributed by atoms with Crippen LogP contribution in [-0.2, 0) is 0 Å². The highest BCUT2D eigenvalue weighted by Gasteiger charge is 2.08. The predicted molar refractivity (Wildman–Crippen MR) is 47.9 cm³/mol. The first-order valence-corrected chi connectivity index (χ1v) is 4.61. The molecule has 2 N–H and O–H groups in total. The molecule has 0 radical (unpaired) electrons. The second kappa shape index (κ2) is 6.26. The zero-order chi connectivity index (χ0) is 7.98. The molecule has 0 saturated carbocycles. The van der Waals surface area contributed by atoms with E-state index in [1.807, 2.05) is 6.92 Å². The fraction of sp³-hybridized carbons (Fsp3) is 1.00. The second-order valence-electron chi connectivity index (χ2n) is 2.56. The van der Waals surface area contributed by atoms with Crippen LogP contribution in [0.4, 0.5) is 0 Å². The Labute approximate surface area is 72.9 Å². The summed E-state index contributed by atoms with van der Waals surface area (Å²) in [5.74, 6) is 0.725. The number of unbranched alkanes of at least 4 members (excludes halogenated alkanes) is 1. The van der Waals surface area contributed by atoms with E-state index in [-0.39, 0.29) is 11.4 Å². The summed E-state index contributed by atoms with van der Waals surface area (Å²) in [4.78, 5) is 0. The fourth-order valence-corrected chi connectivity index (χ4v) is 1.04. The molecule has 0 fully saturated rings. The third-order valence-corrected chi connectivity index (χ3v) is 2.32. The molecular weight excluding hydrogens is 169 g/mol. The van der Waals surface area contributed by atoms with Gasteiger partial charge in [-0.25, -0.2) is 0 Å². The van der Waals surface area contributed by atoms with Crippen LogP contribution in [0.3, 0.4) is 0 Å². The summed E-state index contributed by atoms with van der Waals surface area (Å²) in [5.41, 5.74) is 5.55. The minimum atomic E-state index is 0.0944. The average molecular weight is 184 g/mol. The van der Waals surface area contributed by atoms with E-state index in [1.54, 1.807) is 0 Å². The summed E-state index contributed by atoms with van der Waals surface area (Å²) < 4.78 is 0. The molecule has 0 aliphatic rings. The summed E-state index contributed by atoms with van der Waals surface area (Å²) in [5, 5.41) is 0.114. The van der Waals surface area contributed by atoms with E-state index in [4.69, 9.17) is 28.9 Å². The van der Waals surface area contributed by atoms with Crippen LogP contribution >= 0.6 is 23.2 Å². The second-order valence-corrected chi connectivity index (χ2v) is 3.50. The monoisotopic (exact) mass is 183 g/mol. The number of alkyl halides is 2. The third kappa shape index (κ3) is 5.33. The third-order valence-electron chi connectivity index (χ3n) is 1.43. The molecular formula is C7H15Cl2N. The number of halogens is 2. The molecule has 10 heavy (non-hydrogen) atoms. The Morgan fingerprint density at radius 1 is 1.40 bits per heavy atom. The van der Waals surface area contributed by atoms with Crippen LogP contribution in [0.15, 0.2) is 0 Å². The van der Waals surface area contributed by atoms with E-state index in [2.05, 4.69) is 0 Å². The minimum absolute atomic E-state index is 0.0944. The molecule has 2 atom stereocenters. The molecule has 62 valence electrons. The minimum Gasteiger partial charge on any atom is -0.327 e. The summed E-state index contributed by atoms with van der Waals surface area (Å²) in [7, 11) is 0. The lowest BCUT2D eigenvalue weighted by atomic mass is 10.1. The molecule has 0 aromatic heterocycles. The Balaban J connectivity index is 3.13. The predicted octanol–water partition coefficient (Wildman–Crippen LogP) is 2.35. The Hall–Kier alpha value is 0.540. The molecule has 0 aromatic carbocycles. The Morgan fingerprint density at radius 2 is 2.00 bits per heavy atom. The van der Waals surface area contributed by atoms with Crippen molar-refractivity contribution in [3.05, 3.63) is 0 Å². The summed E-state index contributed by atoms with van der Waals surface area (Å²) in [6.45, 7) is 1.93. The lowest BCUT2D eigenvalue weighted by Gasteiger charge is -2.11. The average Bonchev–Trinajstić information content (AvgIpc) is 1.88. The van der Waals surface area contributed by atoms with Crippen LogP contribution in [0.2, 0.25) is 0 Å². The SMILES string of the molecule is CC(N)C(Cl)CCCCCl. The van der Waals surface area contributed by atoms with Gasteiger partial charge in [0.15, 0.2) is 0 Å². The summed E-state index contributed by atoms with van der Waals surface area (Å²) >= 11 is 11.4. The maximum Gasteiger partial charge on any atom is 0.0484 e. The lowest BCUT2D eigenvalue weighted by molar-refractivity contribution is 0.601. The fourth-order valence-electron chi connectivity index (χ4n) is 0.697. The van der Waals surface area contributed by atoms with Crippen LogP contribution in [0.25, 0.3) is 0 Å². The van der Waals surface area contributed by atoms with E-state index in [0.29, 0.717) is 0 Å². The van der Waals surface area contributed by atoms with Crippen molar-refractivity contribution in [2.75, 3.05) is 5.88 Å². The molecule has 0 saturated heterocycles. The lowest BCUT2D eigenvalue weighted by Crippen LogP contribution is -2.26. The summed E-state index contributed by atoms with van der Waals surface area (Å²) in [6, 6.07) is 0.0944. The molecule has 0 aromatic rings. The normalized spacial score (nSPS) is 16.8. The highest BCUT2D eigenvalue weighted by atomic mass is 35.5. The van der Waals surface area contributed by atoms with Gasteiger partial charge in [-0.1, -0.05) is 6.42 Å². The molecule has 0 spiro atoms. The van der Waals surface area contributed by atoms with Crippen LogP contribution < -0.4 is 5.73 Å². The van der Waals surface area contributed by atoms with Gasteiger partial charge in [0.2, 0.25) is 0 Å². The van der Waals surface area contributed by atoms with Crippen molar-refractivity contribution in [1.82, 2.24) is 0 Å². The van der Waals surface area contributed by atoms with Crippen molar-refractivity contribution in [3.63, 3.8) is 0 Å². The smallest absolute Gasteiger partial charge is 0.0484 e. The number of rotatable bonds is 5. The van der Waals surface area contributed by atoms with Gasteiger partial charge in [-0.2, -0.15) is 0 Å². The number of nitrogens with two attached hydrogens (primary N) is 1. The van der Waals surface area contributed by atoms with Gasteiger partial charge >= 0.3 is 0 Å². The number of hydrogen-bond donors (Lipinski definition) is 1. The van der Waals surface area contributed by atoms with Crippen molar-refractivity contribution in [2.24, 2.45) is 5.73 Å². The molecule has 0 aliphatic heterocycles. The molecule has 0 heterocycles. The van der Waals surface area contributed by atoms with Crippen LogP contribution in [0.5, 0.6) is 0 Å². The van der Waals surface area contributed by atoms with Crippen molar-refractivity contribution in [1.29, 1.82) is 0 Å². The highest BCUT2D eigenvalue weighted by Crippen LogP contribution is 2.10. The Morgan fingerprint density at radius 3 is 2.40 bits per heavy atom. The maximum atomic E-state index is 5.88. The Bertz CT molecular complexity index is 76.0. The van der Waals surface area contributed by atoms with E-state index >= 15 is 0 Å². The van der Waals surface area contributed by atoms with Gasteiger partial charge in [0.25, 0.3) is 0 Å². The largest absolute Gasteiger partial charge is 0.327 e. The molecule has 0 aliphatic carbocycles. The molecule has 0 rings (SSSR count). The first-order valence-electron chi connectivity index (χ1n) is 3.64. The van der Waals surface area contributed by atoms with E-state index < -0.39 is 0 Å². The maximum absolute atomic E-state index is 5.88. The van der Waals surface area contributed by atoms with Crippen LogP contribution in [-0.4, -0.2) is 17.3 Å². The first-order chi connectivity index (χ1) is 4.68. The number of hydrogen-bond acceptors (Lipinski definition) is 1. The van der Waals surface area contributed by atoms with Gasteiger partial charge in [-0.05, 0) is 19.8 Å². The van der Waals surface area contributed by atoms with Gasteiger partial charge in [-0.15, -0.1) is 23.2 Å². The van der Waals surface area contributed by atoms with Gasteiger partial charge in [-0.3, -0.25) is 0 Å². The van der Waals surface area contributed by atoms with Gasteiger partial charge in [0.05, 0.1) is 0 Å². The van der Waals surface area contributed by atoms with Crippen molar-refractivity contribution in [2.45, 2.75) is 37.6 Å². The molecule has 0 bridgehead atoms. The van der Waals surface area contributed by atoms with Gasteiger partial charge in [0.1, 0.15) is 0 Å². The van der Waals surface area contributed by atoms with Gasteiger partial charge in [0, 0.05) is 17.3 Å². The zero-order valence-corrected chi connectivity index (χ0v) is 7.83. The molecule has 3 heteroatoms. The molecule has 1 nitrogen and oxygen atoms in total. The first kappa shape index (κ1) is 10.5. The molecule has 2 unspecified atom stereocenters. The van der Waals surface area contributed by atoms with E-state index in [0.717, 1.165) is 25.1 Å². The van der Waals surface area contributed by atoms with E-state index in [9.17, 15) is 0 Å². The topological polar surface area (TPSA) is 26.0 Å². The van der Waals surface area contributed by atoms with Crippen molar-refractivity contribution >= 4 is 23.2 Å². The quantitative estimate of drug-likeness (QED) is 0.515. The summed E-state index contributed by atoms with van der Waals surface area (Å²) in [6.07, 6.45) is 3.10. The van der Waals surface area contributed by atoms with Crippen molar-refractivity contribution < 1.29 is 0 Å². The molecule has 0 amide bonds. The standard InChI is InChI=1S/C7H15Cl2N/c1-6(10)7(9)4-2-3-5-8/h6-7H,2-5,10H2,1H3. The Kier molecular flexibility index (Phi) is 6.60. The van der Waals surface area contributed by atoms with E-state index in [1.165, 1.54) is 0 Å². The van der Waals surface area contributed by atoms with Crippen LogP contribution in [0.1, 0.15) is 26.2 Å². The highest BCUT2D eigenvalue weighted by molar-refractivity contribution is 6.21. The van der Waals surface area contributed by atoms with Gasteiger partial charge < -0.3 is 5.73 Å². The van der Waals surface area contributed by atoms with Crippen molar-refractivity contribution in [3.8, 4) is 0 Å². The van der Waals surface area contributed by atoms with Crippen LogP contribution in [0, 0.1) is 0 Å². The zero-order valence-electron chi connectivity index (χ0n) is 6.32.